The smallest absolute Gasteiger partial charge is 0.262 e. The number of para-hydroxylation sites is 3. The topological polar surface area (TPSA) is 148 Å². The highest BCUT2D eigenvalue weighted by Gasteiger charge is 2.21. The first-order chi connectivity index (χ1) is 19.4. The molecule has 1 aromatic heterocycles. The normalized spacial score (nSPS) is 10.8. The summed E-state index contributed by atoms with van der Waals surface area (Å²) >= 11 is 3.46. The molecule has 0 aliphatic carbocycles. The number of hydrogen-bond acceptors (Lipinski definition) is 8. The van der Waals surface area contributed by atoms with E-state index in [1.807, 2.05) is 24.3 Å². The highest BCUT2D eigenvalue weighted by atomic mass is 79.9. The van der Waals surface area contributed by atoms with Crippen LogP contribution < -0.4 is 25.3 Å². The molecule has 1 amide bonds. The van der Waals surface area contributed by atoms with Crippen LogP contribution in [0, 0.1) is 22.7 Å². The summed E-state index contributed by atoms with van der Waals surface area (Å²) in [6.45, 7) is -0.298. The second-order valence-corrected chi connectivity index (χ2v) is 9.06. The fourth-order valence-corrected chi connectivity index (χ4v) is 4.43. The zero-order valence-electron chi connectivity index (χ0n) is 21.5. The lowest BCUT2D eigenvalue weighted by Gasteiger charge is -2.14. The molecule has 200 valence electrons. The van der Waals surface area contributed by atoms with Crippen LogP contribution in [0.15, 0.2) is 71.2 Å². The SMILES string of the molecule is COc1ccccc1NC(=O)COc1c(Br)cc(/C=C(\C#N)c2nn(-c3ccccc3)c(N)c2C#N)cc1OC. The minimum Gasteiger partial charge on any atom is -0.495 e. The lowest BCUT2D eigenvalue weighted by atomic mass is 10.1. The number of methoxy groups -OCH3 is 2. The molecule has 0 aliphatic rings. The molecule has 0 unspecified atom stereocenters. The Morgan fingerprint density at radius 1 is 1.07 bits per heavy atom. The van der Waals surface area contributed by atoms with Crippen molar-refractivity contribution in [3.63, 3.8) is 0 Å². The van der Waals surface area contributed by atoms with Gasteiger partial charge in [0.1, 0.15) is 35.0 Å². The van der Waals surface area contributed by atoms with Crippen molar-refractivity contribution in [2.45, 2.75) is 0 Å². The number of rotatable bonds is 9. The molecule has 0 spiro atoms. The van der Waals surface area contributed by atoms with Gasteiger partial charge >= 0.3 is 0 Å². The molecule has 4 rings (SSSR count). The van der Waals surface area contributed by atoms with Crippen LogP contribution in [0.3, 0.4) is 0 Å². The molecule has 0 radical (unpaired) electrons. The molecule has 0 saturated heterocycles. The fourth-order valence-electron chi connectivity index (χ4n) is 3.85. The molecular weight excluding hydrogens is 576 g/mol. The van der Waals surface area contributed by atoms with E-state index in [0.717, 1.165) is 0 Å². The third-order valence-corrected chi connectivity index (χ3v) is 6.29. The van der Waals surface area contributed by atoms with Gasteiger partial charge in [-0.25, -0.2) is 4.68 Å². The first-order valence-corrected chi connectivity index (χ1v) is 12.6. The molecule has 0 atom stereocenters. The summed E-state index contributed by atoms with van der Waals surface area (Å²) < 4.78 is 18.4. The van der Waals surface area contributed by atoms with Gasteiger partial charge in [0.2, 0.25) is 0 Å². The first kappa shape index (κ1) is 27.8. The number of carbonyl (C=O) groups excluding carboxylic acids is 1. The van der Waals surface area contributed by atoms with Crippen molar-refractivity contribution in [2.75, 3.05) is 31.9 Å². The van der Waals surface area contributed by atoms with E-state index in [1.54, 1.807) is 54.6 Å². The van der Waals surface area contributed by atoms with Crippen LogP contribution in [0.1, 0.15) is 16.8 Å². The number of allylic oxidation sites excluding steroid dienone is 1. The lowest BCUT2D eigenvalue weighted by Crippen LogP contribution is -2.20. The number of nitrogens with one attached hydrogen (secondary N) is 1. The van der Waals surface area contributed by atoms with Crippen LogP contribution in [0.25, 0.3) is 17.3 Å². The van der Waals surface area contributed by atoms with Gasteiger partial charge < -0.3 is 25.3 Å². The largest absolute Gasteiger partial charge is 0.495 e. The second kappa shape index (κ2) is 12.5. The van der Waals surface area contributed by atoms with Gasteiger partial charge in [-0.15, -0.1) is 0 Å². The summed E-state index contributed by atoms with van der Waals surface area (Å²) in [5, 5.41) is 26.9. The van der Waals surface area contributed by atoms with Crippen molar-refractivity contribution in [3.05, 3.63) is 88.0 Å². The predicted molar refractivity (Wildman–Crippen MR) is 154 cm³/mol. The van der Waals surface area contributed by atoms with E-state index in [2.05, 4.69) is 32.4 Å². The molecule has 4 aromatic rings. The van der Waals surface area contributed by atoms with Gasteiger partial charge in [-0.3, -0.25) is 4.79 Å². The maximum absolute atomic E-state index is 12.5. The number of nitrogens with two attached hydrogens (primary N) is 1. The molecule has 0 bridgehead atoms. The molecule has 1 heterocycles. The Kier molecular flexibility index (Phi) is 8.69. The van der Waals surface area contributed by atoms with E-state index in [4.69, 9.17) is 19.9 Å². The standard InChI is InChI=1S/C29H23BrN6O4/c1-38-24-11-7-6-10-23(24)34-26(37)17-40-28-22(30)13-18(14-25(28)39-2)12-19(15-31)27-21(16-32)29(33)36(35-27)20-8-4-3-5-9-20/h3-14H,17,33H2,1-2H3,(H,34,37)/b19-12+. The average molecular weight is 599 g/mol. The molecule has 11 heteroatoms. The Morgan fingerprint density at radius 3 is 2.45 bits per heavy atom. The lowest BCUT2D eigenvalue weighted by molar-refractivity contribution is -0.118. The number of halogens is 1. The molecule has 0 fully saturated rings. The third kappa shape index (κ3) is 5.90. The number of aromatic nitrogens is 2. The minimum absolute atomic E-state index is 0.0868. The number of carbonyl (C=O) groups is 1. The molecule has 3 N–H and O–H groups in total. The zero-order valence-corrected chi connectivity index (χ0v) is 23.1. The number of amides is 1. The third-order valence-electron chi connectivity index (χ3n) is 5.70. The van der Waals surface area contributed by atoms with Crippen molar-refractivity contribution >= 4 is 45.0 Å². The van der Waals surface area contributed by atoms with Gasteiger partial charge in [0.05, 0.1) is 35.6 Å². The van der Waals surface area contributed by atoms with Gasteiger partial charge in [-0.2, -0.15) is 15.6 Å². The van der Waals surface area contributed by atoms with Crippen LogP contribution in [-0.4, -0.2) is 36.5 Å². The summed E-state index contributed by atoms with van der Waals surface area (Å²) in [6, 6.07) is 23.6. The van der Waals surface area contributed by atoms with Crippen molar-refractivity contribution < 1.29 is 19.0 Å². The number of nitrogens with zero attached hydrogens (tertiary/aromatic N) is 4. The first-order valence-electron chi connectivity index (χ1n) is 11.8. The molecular formula is C29H23BrN6O4. The van der Waals surface area contributed by atoms with Gasteiger partial charge in [0.25, 0.3) is 5.91 Å². The van der Waals surface area contributed by atoms with Crippen LogP contribution >= 0.6 is 15.9 Å². The number of nitriles is 2. The quantitative estimate of drug-likeness (QED) is 0.250. The van der Waals surface area contributed by atoms with E-state index >= 15 is 0 Å². The monoisotopic (exact) mass is 598 g/mol. The molecule has 3 aromatic carbocycles. The van der Waals surface area contributed by atoms with Gasteiger partial charge in [-0.05, 0) is 64.0 Å². The number of nitrogen functional groups attached to an aromatic ring is 1. The van der Waals surface area contributed by atoms with Gasteiger partial charge in [-0.1, -0.05) is 30.3 Å². The van der Waals surface area contributed by atoms with Gasteiger partial charge in [0.15, 0.2) is 18.1 Å². The Morgan fingerprint density at radius 2 is 1.77 bits per heavy atom. The second-order valence-electron chi connectivity index (χ2n) is 8.21. The molecule has 40 heavy (non-hydrogen) atoms. The minimum atomic E-state index is -0.398. The maximum atomic E-state index is 12.5. The van der Waals surface area contributed by atoms with Crippen molar-refractivity contribution in [3.8, 4) is 35.1 Å². The van der Waals surface area contributed by atoms with Crippen molar-refractivity contribution in [1.29, 1.82) is 10.5 Å². The summed E-state index contributed by atoms with van der Waals surface area (Å²) in [5.74, 6) is 0.860. The number of hydrogen-bond donors (Lipinski definition) is 2. The Balaban J connectivity index is 1.60. The Bertz CT molecular complexity index is 1670. The van der Waals surface area contributed by atoms with Crippen LogP contribution in [0.5, 0.6) is 17.2 Å². The summed E-state index contributed by atoms with van der Waals surface area (Å²) in [4.78, 5) is 12.5. The summed E-state index contributed by atoms with van der Waals surface area (Å²) in [7, 11) is 2.97. The van der Waals surface area contributed by atoms with Crippen molar-refractivity contribution in [1.82, 2.24) is 9.78 Å². The van der Waals surface area contributed by atoms with E-state index in [0.29, 0.717) is 38.7 Å². The van der Waals surface area contributed by atoms with E-state index in [1.165, 1.54) is 18.9 Å². The van der Waals surface area contributed by atoms with Crippen LogP contribution in [0.4, 0.5) is 11.5 Å². The maximum Gasteiger partial charge on any atom is 0.262 e. The highest BCUT2D eigenvalue weighted by molar-refractivity contribution is 9.10. The number of ether oxygens (including phenoxy) is 3. The van der Waals surface area contributed by atoms with E-state index in [9.17, 15) is 15.3 Å². The zero-order chi connectivity index (χ0) is 28.6. The number of anilines is 2. The average Bonchev–Trinajstić information content (AvgIpc) is 3.31. The molecule has 10 nitrogen and oxygen atoms in total. The Labute approximate surface area is 238 Å². The summed E-state index contributed by atoms with van der Waals surface area (Å²) in [6.07, 6.45) is 1.56. The fraction of sp³-hybridized carbons (Fsp3) is 0.103. The van der Waals surface area contributed by atoms with Gasteiger partial charge in [0, 0.05) is 0 Å². The van der Waals surface area contributed by atoms with E-state index < -0.39 is 5.91 Å². The molecule has 0 saturated carbocycles. The highest BCUT2D eigenvalue weighted by Crippen LogP contribution is 2.38. The van der Waals surface area contributed by atoms with Crippen LogP contribution in [0.2, 0.25) is 0 Å². The summed E-state index contributed by atoms with van der Waals surface area (Å²) in [5.41, 5.74) is 8.29. The predicted octanol–water partition coefficient (Wildman–Crippen LogP) is 5.19. The van der Waals surface area contributed by atoms with Crippen LogP contribution in [-0.2, 0) is 4.79 Å². The number of benzene rings is 3. The van der Waals surface area contributed by atoms with Crippen molar-refractivity contribution in [2.24, 2.45) is 0 Å². The molecule has 0 aliphatic heterocycles. The van der Waals surface area contributed by atoms with E-state index in [-0.39, 0.29) is 29.3 Å². The Hall–Kier alpha value is -5.26.